The molecule has 0 fully saturated rings. The molecular weight excluding hydrogens is 316 g/mol. The minimum atomic E-state index is -1.07. The van der Waals surface area contributed by atoms with Crippen LogP contribution in [-0.4, -0.2) is 27.7 Å². The molecule has 0 bridgehead atoms. The molecule has 0 saturated carbocycles. The second kappa shape index (κ2) is 5.72. The largest absolute Gasteiger partial charge is 0.479 e. The number of fused-ring (bicyclic) bond motifs is 3. The highest BCUT2D eigenvalue weighted by molar-refractivity contribution is 5.63. The van der Waals surface area contributed by atoms with Gasteiger partial charge in [-0.1, -0.05) is 43.0 Å². The smallest absolute Gasteiger partial charge is 0.180 e. The van der Waals surface area contributed by atoms with Crippen LogP contribution in [0.3, 0.4) is 0 Å². The molecule has 2 unspecified atom stereocenters. The van der Waals surface area contributed by atoms with Gasteiger partial charge in [-0.25, -0.2) is 4.98 Å². The van der Waals surface area contributed by atoms with E-state index in [9.17, 15) is 5.11 Å². The molecule has 0 amide bonds. The van der Waals surface area contributed by atoms with Gasteiger partial charge in [0.05, 0.1) is 5.69 Å². The predicted octanol–water partition coefficient (Wildman–Crippen LogP) is 3.17. The number of aromatic nitrogens is 2. The van der Waals surface area contributed by atoms with Crippen molar-refractivity contribution in [3.8, 4) is 5.75 Å². The summed E-state index contributed by atoms with van der Waals surface area (Å²) < 4.78 is 14.0. The van der Waals surface area contributed by atoms with Gasteiger partial charge < -0.3 is 19.0 Å². The Labute approximate surface area is 146 Å². The van der Waals surface area contributed by atoms with E-state index < -0.39 is 17.8 Å². The van der Waals surface area contributed by atoms with Crippen LogP contribution in [0, 0.1) is 6.92 Å². The van der Waals surface area contributed by atoms with Gasteiger partial charge in [0.25, 0.3) is 0 Å². The van der Waals surface area contributed by atoms with E-state index in [0.717, 1.165) is 16.8 Å². The average molecular weight is 336 g/mol. The number of aryl methyl sites for hydroxylation is 1. The molecule has 5 heteroatoms. The molecule has 0 saturated heterocycles. The Balaban J connectivity index is 1.99. The van der Waals surface area contributed by atoms with E-state index in [1.165, 1.54) is 0 Å². The van der Waals surface area contributed by atoms with Crippen LogP contribution < -0.4 is 4.74 Å². The van der Waals surface area contributed by atoms with Crippen molar-refractivity contribution >= 4 is 5.65 Å². The quantitative estimate of drug-likeness (QED) is 0.747. The molecule has 3 aromatic rings. The third-order valence-electron chi connectivity index (χ3n) is 4.86. The van der Waals surface area contributed by atoms with Crippen LogP contribution in [-0.2, 0) is 10.3 Å². The summed E-state index contributed by atoms with van der Waals surface area (Å²) >= 11 is 0. The Kier molecular flexibility index (Phi) is 3.63. The van der Waals surface area contributed by atoms with Gasteiger partial charge in [0.15, 0.2) is 17.5 Å². The van der Waals surface area contributed by atoms with Gasteiger partial charge in [-0.3, -0.25) is 0 Å². The summed E-state index contributed by atoms with van der Waals surface area (Å²) in [4.78, 5) is 4.58. The molecule has 5 nitrogen and oxygen atoms in total. The van der Waals surface area contributed by atoms with Crippen LogP contribution in [0.1, 0.15) is 22.9 Å². The van der Waals surface area contributed by atoms with E-state index in [4.69, 9.17) is 9.47 Å². The highest BCUT2D eigenvalue weighted by atomic mass is 16.5. The second-order valence-corrected chi connectivity index (χ2v) is 6.27. The van der Waals surface area contributed by atoms with Crippen LogP contribution in [0.15, 0.2) is 61.4 Å². The fourth-order valence-corrected chi connectivity index (χ4v) is 3.59. The number of hydrogen-bond acceptors (Lipinski definition) is 4. The average Bonchev–Trinajstić information content (AvgIpc) is 3.03. The lowest BCUT2D eigenvalue weighted by molar-refractivity contribution is -0.133. The van der Waals surface area contributed by atoms with Crippen molar-refractivity contribution in [1.29, 1.82) is 0 Å². The number of rotatable bonds is 3. The van der Waals surface area contributed by atoms with Crippen LogP contribution >= 0.6 is 0 Å². The van der Waals surface area contributed by atoms with Crippen molar-refractivity contribution < 1.29 is 14.6 Å². The van der Waals surface area contributed by atoms with Crippen LogP contribution in [0.25, 0.3) is 5.65 Å². The number of ether oxygens (including phenoxy) is 2. The molecule has 3 atom stereocenters. The van der Waals surface area contributed by atoms with E-state index >= 15 is 0 Å². The van der Waals surface area contributed by atoms with Crippen molar-refractivity contribution in [3.63, 3.8) is 0 Å². The number of methoxy groups -OCH3 is 1. The molecule has 1 N–H and O–H groups in total. The molecule has 0 radical (unpaired) electrons. The summed E-state index contributed by atoms with van der Waals surface area (Å²) in [5.41, 5.74) is 2.11. The summed E-state index contributed by atoms with van der Waals surface area (Å²) in [6.07, 6.45) is 3.94. The number of hydrogen-bond donors (Lipinski definition) is 1. The molecule has 1 aliphatic heterocycles. The maximum atomic E-state index is 11.1. The molecule has 1 aromatic carbocycles. The van der Waals surface area contributed by atoms with Gasteiger partial charge in [0.2, 0.25) is 0 Å². The summed E-state index contributed by atoms with van der Waals surface area (Å²) in [6.45, 7) is 5.86. The van der Waals surface area contributed by atoms with Gasteiger partial charge >= 0.3 is 0 Å². The topological polar surface area (TPSA) is 56.0 Å². The van der Waals surface area contributed by atoms with Gasteiger partial charge in [-0.2, -0.15) is 0 Å². The lowest BCUT2D eigenvalue weighted by Crippen LogP contribution is -2.48. The zero-order valence-electron chi connectivity index (χ0n) is 14.2. The number of pyridine rings is 1. The number of benzene rings is 1. The third-order valence-corrected chi connectivity index (χ3v) is 4.86. The first-order valence-electron chi connectivity index (χ1n) is 8.18. The summed E-state index contributed by atoms with van der Waals surface area (Å²) in [7, 11) is 1.57. The van der Waals surface area contributed by atoms with Crippen molar-refractivity contribution in [2.75, 3.05) is 7.11 Å². The SMILES string of the molecule is C=CC1(OC)c2ccn3cc(C)nc3c2O[C@H](c2ccccc2)C1O. The normalized spacial score (nSPS) is 25.4. The monoisotopic (exact) mass is 336 g/mol. The molecule has 25 heavy (non-hydrogen) atoms. The first kappa shape index (κ1) is 15.9. The lowest BCUT2D eigenvalue weighted by Gasteiger charge is -2.43. The standard InChI is InChI=1S/C20H20N2O3/c1-4-20(24-3)15-10-11-22-12-13(2)21-19(22)17(15)25-16(18(20)23)14-8-6-5-7-9-14/h4-12,16,18,23H,1H2,2-3H3/t16-,18?,20?/m1/s1. The molecular formula is C20H20N2O3. The number of aliphatic hydroxyl groups excluding tert-OH is 1. The molecule has 128 valence electrons. The highest BCUT2D eigenvalue weighted by Crippen LogP contribution is 2.48. The van der Waals surface area contributed by atoms with E-state index in [2.05, 4.69) is 11.6 Å². The maximum Gasteiger partial charge on any atom is 0.180 e. The Morgan fingerprint density at radius 3 is 2.76 bits per heavy atom. The minimum Gasteiger partial charge on any atom is -0.479 e. The molecule has 0 aliphatic carbocycles. The third kappa shape index (κ3) is 2.20. The summed E-state index contributed by atoms with van der Waals surface area (Å²) in [5.74, 6) is 0.608. The Morgan fingerprint density at radius 2 is 2.08 bits per heavy atom. The van der Waals surface area contributed by atoms with Crippen molar-refractivity contribution in [3.05, 3.63) is 78.3 Å². The molecule has 0 spiro atoms. The zero-order valence-corrected chi connectivity index (χ0v) is 14.2. The number of imidazole rings is 1. The van der Waals surface area contributed by atoms with Crippen molar-refractivity contribution in [2.45, 2.75) is 24.7 Å². The van der Waals surface area contributed by atoms with Crippen LogP contribution in [0.4, 0.5) is 0 Å². The van der Waals surface area contributed by atoms with E-state index in [-0.39, 0.29) is 0 Å². The van der Waals surface area contributed by atoms with Crippen LogP contribution in [0.5, 0.6) is 5.75 Å². The van der Waals surface area contributed by atoms with E-state index in [0.29, 0.717) is 11.4 Å². The first-order valence-corrected chi connectivity index (χ1v) is 8.18. The van der Waals surface area contributed by atoms with E-state index in [1.807, 2.05) is 60.1 Å². The van der Waals surface area contributed by atoms with Crippen LogP contribution in [0.2, 0.25) is 0 Å². The summed E-state index contributed by atoms with van der Waals surface area (Å²) in [6, 6.07) is 11.5. The molecule has 1 aliphatic rings. The fraction of sp³-hybridized carbons (Fsp3) is 0.250. The zero-order chi connectivity index (χ0) is 17.6. The van der Waals surface area contributed by atoms with Crippen molar-refractivity contribution in [1.82, 2.24) is 9.38 Å². The number of nitrogens with zero attached hydrogens (tertiary/aromatic N) is 2. The first-order chi connectivity index (χ1) is 12.1. The van der Waals surface area contributed by atoms with E-state index in [1.54, 1.807) is 13.2 Å². The molecule has 3 heterocycles. The number of aliphatic hydroxyl groups is 1. The summed E-state index contributed by atoms with van der Waals surface area (Å²) in [5, 5.41) is 11.1. The Morgan fingerprint density at radius 1 is 1.32 bits per heavy atom. The van der Waals surface area contributed by atoms with Gasteiger partial charge in [-0.15, -0.1) is 0 Å². The minimum absolute atomic E-state index is 0.588. The van der Waals surface area contributed by atoms with Gasteiger partial charge in [-0.05, 0) is 18.6 Å². The lowest BCUT2D eigenvalue weighted by atomic mass is 9.81. The van der Waals surface area contributed by atoms with Crippen molar-refractivity contribution in [2.24, 2.45) is 0 Å². The fourth-order valence-electron chi connectivity index (χ4n) is 3.59. The molecule has 4 rings (SSSR count). The Bertz CT molecular complexity index is 935. The molecule has 2 aromatic heterocycles. The maximum absolute atomic E-state index is 11.1. The van der Waals surface area contributed by atoms with Gasteiger partial charge in [0.1, 0.15) is 11.7 Å². The Hall–Kier alpha value is -2.63. The highest BCUT2D eigenvalue weighted by Gasteiger charge is 2.49. The second-order valence-electron chi connectivity index (χ2n) is 6.27. The predicted molar refractivity (Wildman–Crippen MR) is 94.6 cm³/mol. The van der Waals surface area contributed by atoms with Gasteiger partial charge in [0, 0.05) is 25.1 Å².